The molecule has 0 aliphatic heterocycles. The van der Waals surface area contributed by atoms with Crippen molar-refractivity contribution in [1.82, 2.24) is 5.32 Å². The van der Waals surface area contributed by atoms with Crippen molar-refractivity contribution < 1.29 is 4.79 Å². The van der Waals surface area contributed by atoms with E-state index < -0.39 is 0 Å². The highest BCUT2D eigenvalue weighted by Crippen LogP contribution is 2.23. The first-order valence-corrected chi connectivity index (χ1v) is 4.32. The first kappa shape index (κ1) is 8.57. The van der Waals surface area contributed by atoms with Gasteiger partial charge in [0, 0.05) is 12.0 Å². The van der Waals surface area contributed by atoms with Crippen LogP contribution in [0.2, 0.25) is 0 Å². The van der Waals surface area contributed by atoms with E-state index in [2.05, 4.69) is 11.7 Å². The normalized spacial score (nSPS) is 19.2. The first-order valence-electron chi connectivity index (χ1n) is 4.32. The van der Waals surface area contributed by atoms with Gasteiger partial charge in [-0.1, -0.05) is 0 Å². The van der Waals surface area contributed by atoms with Crippen LogP contribution in [0.1, 0.15) is 33.1 Å². The van der Waals surface area contributed by atoms with Crippen LogP contribution < -0.4 is 5.32 Å². The summed E-state index contributed by atoms with van der Waals surface area (Å²) in [5.41, 5.74) is 0. The van der Waals surface area contributed by atoms with Gasteiger partial charge < -0.3 is 5.32 Å². The summed E-state index contributed by atoms with van der Waals surface area (Å²) in [6.45, 7) is 3.99. The fourth-order valence-corrected chi connectivity index (χ4v) is 1.40. The largest absolute Gasteiger partial charge is 0.354 e. The van der Waals surface area contributed by atoms with E-state index >= 15 is 0 Å². The first-order chi connectivity index (χ1) is 5.20. The molecule has 1 rings (SSSR count). The Morgan fingerprint density at radius 3 is 2.82 bits per heavy atom. The third kappa shape index (κ3) is 2.52. The Labute approximate surface area is 68.4 Å². The number of carbonyl (C=O) groups excluding carboxylic acids is 1. The van der Waals surface area contributed by atoms with E-state index in [1.54, 1.807) is 0 Å². The van der Waals surface area contributed by atoms with E-state index in [-0.39, 0.29) is 17.9 Å². The van der Waals surface area contributed by atoms with Crippen molar-refractivity contribution in [2.24, 2.45) is 5.92 Å². The standard InChI is InChI=1S/C9H16NO/c1-7(2)10-9(11)8-5-3-4-6-8/h3,7-8H,4-6H2,1-2H3,(H,10,11). The zero-order chi connectivity index (χ0) is 8.27. The Bertz CT molecular complexity index is 136. The number of carbonyl (C=O) groups is 1. The number of rotatable bonds is 2. The van der Waals surface area contributed by atoms with Crippen LogP contribution in [0.3, 0.4) is 0 Å². The SMILES string of the molecule is CC(C)NC(=O)C1C[CH]CC1. The van der Waals surface area contributed by atoms with Gasteiger partial charge in [0.1, 0.15) is 0 Å². The highest BCUT2D eigenvalue weighted by Gasteiger charge is 2.22. The minimum atomic E-state index is 0.230. The van der Waals surface area contributed by atoms with Gasteiger partial charge in [-0.3, -0.25) is 4.79 Å². The number of hydrogen-bond donors (Lipinski definition) is 1. The highest BCUT2D eigenvalue weighted by molar-refractivity contribution is 5.79. The van der Waals surface area contributed by atoms with Crippen LogP contribution in [-0.4, -0.2) is 11.9 Å². The van der Waals surface area contributed by atoms with Gasteiger partial charge in [0.25, 0.3) is 0 Å². The second kappa shape index (κ2) is 3.74. The molecule has 0 bridgehead atoms. The lowest BCUT2D eigenvalue weighted by molar-refractivity contribution is -0.125. The molecular formula is C9H16NO. The summed E-state index contributed by atoms with van der Waals surface area (Å²) < 4.78 is 0. The molecule has 2 heteroatoms. The fraction of sp³-hybridized carbons (Fsp3) is 0.778. The van der Waals surface area contributed by atoms with Crippen molar-refractivity contribution in [3.8, 4) is 0 Å². The predicted molar refractivity (Wildman–Crippen MR) is 44.9 cm³/mol. The monoisotopic (exact) mass is 154 g/mol. The number of nitrogens with one attached hydrogen (secondary N) is 1. The molecular weight excluding hydrogens is 138 g/mol. The van der Waals surface area contributed by atoms with E-state index in [4.69, 9.17) is 0 Å². The van der Waals surface area contributed by atoms with Crippen LogP contribution in [0.5, 0.6) is 0 Å². The lowest BCUT2D eigenvalue weighted by Crippen LogP contribution is -2.34. The van der Waals surface area contributed by atoms with Crippen molar-refractivity contribution in [3.05, 3.63) is 6.42 Å². The quantitative estimate of drug-likeness (QED) is 0.642. The molecule has 1 N–H and O–H groups in total. The van der Waals surface area contributed by atoms with Crippen LogP contribution in [0.25, 0.3) is 0 Å². The minimum Gasteiger partial charge on any atom is -0.354 e. The van der Waals surface area contributed by atoms with Crippen LogP contribution in [0, 0.1) is 12.3 Å². The summed E-state index contributed by atoms with van der Waals surface area (Å²) in [5, 5.41) is 2.93. The molecule has 11 heavy (non-hydrogen) atoms. The third-order valence-corrected chi connectivity index (χ3v) is 1.97. The van der Waals surface area contributed by atoms with Gasteiger partial charge in [-0.2, -0.15) is 0 Å². The Kier molecular flexibility index (Phi) is 2.92. The molecule has 1 aliphatic carbocycles. The molecule has 0 heterocycles. The minimum absolute atomic E-state index is 0.230. The molecule has 0 aromatic carbocycles. The van der Waals surface area contributed by atoms with Crippen molar-refractivity contribution >= 4 is 5.91 Å². The van der Waals surface area contributed by atoms with Crippen LogP contribution in [-0.2, 0) is 4.79 Å². The lowest BCUT2D eigenvalue weighted by Gasteiger charge is -2.12. The number of amides is 1. The summed E-state index contributed by atoms with van der Waals surface area (Å²) >= 11 is 0. The summed E-state index contributed by atoms with van der Waals surface area (Å²) in [7, 11) is 0. The molecule has 0 aromatic heterocycles. The van der Waals surface area contributed by atoms with Gasteiger partial charge in [0.2, 0.25) is 5.91 Å². The smallest absolute Gasteiger partial charge is 0.223 e. The molecule has 1 unspecified atom stereocenters. The van der Waals surface area contributed by atoms with Gasteiger partial charge in [-0.25, -0.2) is 0 Å². The average molecular weight is 154 g/mol. The number of hydrogen-bond acceptors (Lipinski definition) is 1. The predicted octanol–water partition coefficient (Wildman–Crippen LogP) is 1.52. The molecule has 2 nitrogen and oxygen atoms in total. The van der Waals surface area contributed by atoms with Crippen LogP contribution in [0.4, 0.5) is 0 Å². The Hall–Kier alpha value is -0.530. The molecule has 0 spiro atoms. The highest BCUT2D eigenvalue weighted by atomic mass is 16.1. The zero-order valence-corrected chi connectivity index (χ0v) is 7.26. The van der Waals surface area contributed by atoms with E-state index in [9.17, 15) is 4.79 Å². The van der Waals surface area contributed by atoms with Gasteiger partial charge in [-0.15, -0.1) is 0 Å². The molecule has 1 atom stereocenters. The molecule has 1 fully saturated rings. The summed E-state index contributed by atoms with van der Waals surface area (Å²) in [4.78, 5) is 11.3. The molecule has 1 saturated carbocycles. The third-order valence-electron chi connectivity index (χ3n) is 1.97. The molecule has 63 valence electrons. The molecule has 0 aromatic rings. The Morgan fingerprint density at radius 1 is 1.64 bits per heavy atom. The zero-order valence-electron chi connectivity index (χ0n) is 7.26. The van der Waals surface area contributed by atoms with Gasteiger partial charge in [-0.05, 0) is 39.5 Å². The van der Waals surface area contributed by atoms with Gasteiger partial charge >= 0.3 is 0 Å². The van der Waals surface area contributed by atoms with E-state index in [0.29, 0.717) is 0 Å². The topological polar surface area (TPSA) is 29.1 Å². The molecule has 1 aliphatic rings. The van der Waals surface area contributed by atoms with E-state index in [1.807, 2.05) is 13.8 Å². The van der Waals surface area contributed by atoms with E-state index in [0.717, 1.165) is 19.3 Å². The molecule has 1 radical (unpaired) electrons. The van der Waals surface area contributed by atoms with Crippen LogP contribution >= 0.6 is 0 Å². The summed E-state index contributed by atoms with van der Waals surface area (Å²) in [6, 6.07) is 0.281. The second-order valence-electron chi connectivity index (χ2n) is 3.46. The van der Waals surface area contributed by atoms with Crippen molar-refractivity contribution in [2.45, 2.75) is 39.2 Å². The fourth-order valence-electron chi connectivity index (χ4n) is 1.40. The Balaban J connectivity index is 2.28. The lowest BCUT2D eigenvalue weighted by atomic mass is 10.1. The van der Waals surface area contributed by atoms with Crippen molar-refractivity contribution in [1.29, 1.82) is 0 Å². The summed E-state index contributed by atoms with van der Waals surface area (Å²) in [6.07, 6.45) is 5.32. The average Bonchev–Trinajstić information content (AvgIpc) is 2.35. The molecule has 1 amide bonds. The van der Waals surface area contributed by atoms with Gasteiger partial charge in [0.05, 0.1) is 0 Å². The Morgan fingerprint density at radius 2 is 2.36 bits per heavy atom. The van der Waals surface area contributed by atoms with Crippen molar-refractivity contribution in [3.63, 3.8) is 0 Å². The maximum atomic E-state index is 11.3. The summed E-state index contributed by atoms with van der Waals surface area (Å²) in [5.74, 6) is 0.492. The maximum absolute atomic E-state index is 11.3. The van der Waals surface area contributed by atoms with Crippen LogP contribution in [0.15, 0.2) is 0 Å². The molecule has 0 saturated heterocycles. The van der Waals surface area contributed by atoms with E-state index in [1.165, 1.54) is 0 Å². The van der Waals surface area contributed by atoms with Gasteiger partial charge in [0.15, 0.2) is 0 Å². The second-order valence-corrected chi connectivity index (χ2v) is 3.46. The maximum Gasteiger partial charge on any atom is 0.223 e. The van der Waals surface area contributed by atoms with Crippen molar-refractivity contribution in [2.75, 3.05) is 0 Å².